The standard InChI is InChI=1S/C18H24N2O4S3/c1-12-5-7-15(8-6-12)27(23,24)16-17(25-18(19-16)26(4,21)22)20-10-13(2)9-14(3)11-20/h5-8,13-14H,9-11H2,1-4H3. The Labute approximate surface area is 165 Å². The second-order valence-electron chi connectivity index (χ2n) is 7.53. The summed E-state index contributed by atoms with van der Waals surface area (Å²) in [5.41, 5.74) is 0.947. The van der Waals surface area contributed by atoms with Gasteiger partial charge in [0, 0.05) is 19.3 Å². The quantitative estimate of drug-likeness (QED) is 0.744. The molecular weight excluding hydrogens is 404 g/mol. The Morgan fingerprint density at radius 1 is 1.04 bits per heavy atom. The fourth-order valence-electron chi connectivity index (χ4n) is 3.47. The molecule has 1 aliphatic rings. The molecule has 0 spiro atoms. The molecule has 1 fully saturated rings. The number of piperidine rings is 1. The number of sulfone groups is 2. The van der Waals surface area contributed by atoms with E-state index >= 15 is 0 Å². The second kappa shape index (κ2) is 7.18. The maximum Gasteiger partial charge on any atom is 0.226 e. The minimum Gasteiger partial charge on any atom is -0.360 e. The third kappa shape index (κ3) is 4.20. The lowest BCUT2D eigenvalue weighted by molar-refractivity contribution is 0.357. The van der Waals surface area contributed by atoms with Crippen LogP contribution in [0, 0.1) is 18.8 Å². The summed E-state index contributed by atoms with van der Waals surface area (Å²) in [5.74, 6) is 0.792. The van der Waals surface area contributed by atoms with Crippen molar-refractivity contribution >= 4 is 36.0 Å². The van der Waals surface area contributed by atoms with Gasteiger partial charge in [-0.3, -0.25) is 0 Å². The summed E-state index contributed by atoms with van der Waals surface area (Å²) >= 11 is 0.949. The van der Waals surface area contributed by atoms with Crippen molar-refractivity contribution in [2.75, 3.05) is 24.2 Å². The summed E-state index contributed by atoms with van der Waals surface area (Å²) in [6.07, 6.45) is 2.12. The van der Waals surface area contributed by atoms with Crippen LogP contribution in [0.3, 0.4) is 0 Å². The predicted octanol–water partition coefficient (Wildman–Crippen LogP) is 3.17. The van der Waals surface area contributed by atoms with Crippen molar-refractivity contribution in [2.45, 2.75) is 41.5 Å². The predicted molar refractivity (Wildman–Crippen MR) is 107 cm³/mol. The third-order valence-corrected chi connectivity index (χ3v) is 9.23. The Balaban J connectivity index is 2.16. The highest BCUT2D eigenvalue weighted by molar-refractivity contribution is 7.93. The summed E-state index contributed by atoms with van der Waals surface area (Å²) in [5, 5.41) is 0.271. The van der Waals surface area contributed by atoms with Gasteiger partial charge in [0.15, 0.2) is 5.03 Å². The van der Waals surface area contributed by atoms with Gasteiger partial charge < -0.3 is 4.90 Å². The second-order valence-corrected chi connectivity index (χ2v) is 12.6. The molecule has 2 atom stereocenters. The van der Waals surface area contributed by atoms with Gasteiger partial charge in [0.05, 0.1) is 4.90 Å². The summed E-state index contributed by atoms with van der Waals surface area (Å²) in [4.78, 5) is 6.18. The van der Waals surface area contributed by atoms with Crippen LogP contribution >= 0.6 is 11.3 Å². The van der Waals surface area contributed by atoms with Crippen molar-refractivity contribution in [2.24, 2.45) is 11.8 Å². The lowest BCUT2D eigenvalue weighted by Gasteiger charge is -2.35. The number of nitrogens with zero attached hydrogens (tertiary/aromatic N) is 2. The van der Waals surface area contributed by atoms with Crippen molar-refractivity contribution < 1.29 is 16.8 Å². The topological polar surface area (TPSA) is 84.4 Å². The summed E-state index contributed by atoms with van der Waals surface area (Å²) in [7, 11) is -7.52. The van der Waals surface area contributed by atoms with Crippen molar-refractivity contribution in [3.63, 3.8) is 0 Å². The van der Waals surface area contributed by atoms with Gasteiger partial charge in [-0.15, -0.1) is 0 Å². The lowest BCUT2D eigenvalue weighted by Crippen LogP contribution is -2.38. The highest BCUT2D eigenvalue weighted by atomic mass is 32.2. The zero-order valence-electron chi connectivity index (χ0n) is 15.8. The lowest BCUT2D eigenvalue weighted by atomic mass is 9.92. The van der Waals surface area contributed by atoms with E-state index in [-0.39, 0.29) is 14.3 Å². The van der Waals surface area contributed by atoms with E-state index in [1.54, 1.807) is 12.1 Å². The van der Waals surface area contributed by atoms with Crippen LogP contribution in [0.25, 0.3) is 0 Å². The van der Waals surface area contributed by atoms with Gasteiger partial charge in [0.2, 0.25) is 24.0 Å². The first-order chi connectivity index (χ1) is 12.5. The molecule has 0 aliphatic carbocycles. The highest BCUT2D eigenvalue weighted by Crippen LogP contribution is 2.39. The van der Waals surface area contributed by atoms with E-state index in [0.29, 0.717) is 29.9 Å². The van der Waals surface area contributed by atoms with Crippen molar-refractivity contribution in [3.05, 3.63) is 29.8 Å². The zero-order chi connectivity index (χ0) is 20.0. The Kier molecular flexibility index (Phi) is 5.39. The maximum atomic E-state index is 13.2. The van der Waals surface area contributed by atoms with Crippen LogP contribution in [-0.4, -0.2) is 41.2 Å². The number of rotatable bonds is 4. The molecule has 2 aromatic rings. The first kappa shape index (κ1) is 20.3. The highest BCUT2D eigenvalue weighted by Gasteiger charge is 2.34. The first-order valence-corrected chi connectivity index (χ1v) is 12.9. The van der Waals surface area contributed by atoms with E-state index in [1.807, 2.05) is 11.8 Å². The number of aryl methyl sites for hydroxylation is 1. The molecule has 27 heavy (non-hydrogen) atoms. The van der Waals surface area contributed by atoms with Gasteiger partial charge in [-0.2, -0.15) is 0 Å². The number of thiazole rings is 1. The van der Waals surface area contributed by atoms with Crippen LogP contribution < -0.4 is 4.90 Å². The number of benzene rings is 1. The van der Waals surface area contributed by atoms with Gasteiger partial charge in [0.1, 0.15) is 5.00 Å². The van der Waals surface area contributed by atoms with Crippen molar-refractivity contribution in [1.29, 1.82) is 0 Å². The minimum absolute atomic E-state index is 0.123. The van der Waals surface area contributed by atoms with Crippen LogP contribution in [-0.2, 0) is 19.7 Å². The van der Waals surface area contributed by atoms with E-state index in [0.717, 1.165) is 29.6 Å². The third-order valence-electron chi connectivity index (χ3n) is 4.62. The fraction of sp³-hybridized carbons (Fsp3) is 0.500. The molecule has 1 aliphatic heterocycles. The molecule has 2 heterocycles. The molecule has 2 unspecified atom stereocenters. The van der Waals surface area contributed by atoms with Gasteiger partial charge in [-0.05, 0) is 37.3 Å². The van der Waals surface area contributed by atoms with Crippen LogP contribution in [0.1, 0.15) is 25.8 Å². The van der Waals surface area contributed by atoms with E-state index in [2.05, 4.69) is 18.8 Å². The van der Waals surface area contributed by atoms with Gasteiger partial charge >= 0.3 is 0 Å². The summed E-state index contributed by atoms with van der Waals surface area (Å²) in [6, 6.07) is 6.52. The summed E-state index contributed by atoms with van der Waals surface area (Å²) < 4.78 is 50.4. The minimum atomic E-state index is -3.92. The number of hydrogen-bond acceptors (Lipinski definition) is 7. The maximum absolute atomic E-state index is 13.2. The van der Waals surface area contributed by atoms with E-state index in [1.165, 1.54) is 12.1 Å². The monoisotopic (exact) mass is 428 g/mol. The van der Waals surface area contributed by atoms with Crippen LogP contribution in [0.2, 0.25) is 0 Å². The first-order valence-electron chi connectivity index (χ1n) is 8.76. The van der Waals surface area contributed by atoms with E-state index in [4.69, 9.17) is 0 Å². The Morgan fingerprint density at radius 3 is 2.11 bits per heavy atom. The molecule has 0 bridgehead atoms. The molecule has 1 aromatic heterocycles. The van der Waals surface area contributed by atoms with Crippen LogP contribution in [0.5, 0.6) is 0 Å². The average molecular weight is 429 g/mol. The molecule has 0 N–H and O–H groups in total. The number of anilines is 1. The Bertz CT molecular complexity index is 1030. The SMILES string of the molecule is Cc1ccc(S(=O)(=O)c2nc(S(C)(=O)=O)sc2N2CC(C)CC(C)C2)cc1. The molecular formula is C18H24N2O4S3. The fourth-order valence-corrected chi connectivity index (χ4v) is 7.14. The van der Waals surface area contributed by atoms with Crippen molar-refractivity contribution in [3.8, 4) is 0 Å². The van der Waals surface area contributed by atoms with Gasteiger partial charge in [0.25, 0.3) is 0 Å². The Morgan fingerprint density at radius 2 is 1.59 bits per heavy atom. The normalized spacial score (nSPS) is 21.4. The van der Waals surface area contributed by atoms with E-state index < -0.39 is 19.7 Å². The van der Waals surface area contributed by atoms with Gasteiger partial charge in [-0.1, -0.05) is 42.9 Å². The number of aromatic nitrogens is 1. The Hall–Kier alpha value is -1.45. The molecule has 0 saturated carbocycles. The summed E-state index contributed by atoms with van der Waals surface area (Å²) in [6.45, 7) is 7.49. The molecule has 6 nitrogen and oxygen atoms in total. The van der Waals surface area contributed by atoms with Crippen molar-refractivity contribution in [1.82, 2.24) is 4.98 Å². The van der Waals surface area contributed by atoms with Gasteiger partial charge in [-0.25, -0.2) is 21.8 Å². The molecule has 148 valence electrons. The molecule has 0 amide bonds. The van der Waals surface area contributed by atoms with Crippen LogP contribution in [0.4, 0.5) is 5.00 Å². The van der Waals surface area contributed by atoms with E-state index in [9.17, 15) is 16.8 Å². The molecule has 3 rings (SSSR count). The number of hydrogen-bond donors (Lipinski definition) is 0. The van der Waals surface area contributed by atoms with Crippen LogP contribution in [0.15, 0.2) is 38.5 Å². The average Bonchev–Trinajstić information content (AvgIpc) is 3.00. The molecule has 9 heteroatoms. The molecule has 1 saturated heterocycles. The zero-order valence-corrected chi connectivity index (χ0v) is 18.3. The molecule has 1 aromatic carbocycles. The smallest absolute Gasteiger partial charge is 0.226 e. The molecule has 0 radical (unpaired) electrons. The largest absolute Gasteiger partial charge is 0.360 e.